The lowest BCUT2D eigenvalue weighted by atomic mass is 10.0. The minimum Gasteiger partial charge on any atom is -0.349 e. The van der Waals surface area contributed by atoms with Crippen molar-refractivity contribution in [3.05, 3.63) is 62.5 Å². The summed E-state index contributed by atoms with van der Waals surface area (Å²) in [4.78, 5) is 33.6. The summed E-state index contributed by atoms with van der Waals surface area (Å²) in [5.74, 6) is 0.563. The maximum absolute atomic E-state index is 12.9. The Bertz CT molecular complexity index is 1100. The van der Waals surface area contributed by atoms with Crippen molar-refractivity contribution in [1.82, 2.24) is 19.8 Å². The predicted molar refractivity (Wildman–Crippen MR) is 117 cm³/mol. The predicted octanol–water partition coefficient (Wildman–Crippen LogP) is 3.01. The van der Waals surface area contributed by atoms with Crippen LogP contribution in [0.25, 0.3) is 10.2 Å². The third-order valence-corrected chi connectivity index (χ3v) is 6.96. The molecule has 6 nitrogen and oxygen atoms in total. The molecule has 2 aromatic heterocycles. The molecule has 7 heteroatoms. The lowest BCUT2D eigenvalue weighted by Crippen LogP contribution is -2.44. The Labute approximate surface area is 174 Å². The first-order chi connectivity index (χ1) is 13.9. The maximum atomic E-state index is 12.9. The van der Waals surface area contributed by atoms with Crippen molar-refractivity contribution in [3.8, 4) is 0 Å². The van der Waals surface area contributed by atoms with Gasteiger partial charge in [0.1, 0.15) is 10.7 Å². The Kier molecular flexibility index (Phi) is 5.52. The number of aromatic nitrogens is 2. The van der Waals surface area contributed by atoms with Crippen LogP contribution in [0.4, 0.5) is 0 Å². The van der Waals surface area contributed by atoms with E-state index in [0.717, 1.165) is 38.0 Å². The van der Waals surface area contributed by atoms with E-state index in [1.807, 2.05) is 13.0 Å². The minimum absolute atomic E-state index is 0.0884. The molecule has 1 aliphatic rings. The Morgan fingerprint density at radius 3 is 2.59 bits per heavy atom. The van der Waals surface area contributed by atoms with Crippen LogP contribution in [-0.2, 0) is 13.6 Å². The largest absolute Gasteiger partial charge is 0.349 e. The monoisotopic (exact) mass is 410 g/mol. The van der Waals surface area contributed by atoms with E-state index in [4.69, 9.17) is 0 Å². The molecular formula is C22H26N4O2S. The van der Waals surface area contributed by atoms with Crippen molar-refractivity contribution in [2.24, 2.45) is 7.05 Å². The molecule has 0 atom stereocenters. The van der Waals surface area contributed by atoms with Crippen LogP contribution in [0.1, 0.15) is 39.5 Å². The highest BCUT2D eigenvalue weighted by Crippen LogP contribution is 2.27. The van der Waals surface area contributed by atoms with Crippen LogP contribution in [0, 0.1) is 13.8 Å². The van der Waals surface area contributed by atoms with Gasteiger partial charge in [0.05, 0.1) is 10.3 Å². The van der Waals surface area contributed by atoms with E-state index in [1.54, 1.807) is 14.0 Å². The van der Waals surface area contributed by atoms with Gasteiger partial charge in [0.2, 0.25) is 0 Å². The van der Waals surface area contributed by atoms with Gasteiger partial charge in [0.25, 0.3) is 11.5 Å². The van der Waals surface area contributed by atoms with E-state index in [1.165, 1.54) is 21.5 Å². The molecule has 0 aliphatic carbocycles. The number of nitrogens with zero attached hydrogens (tertiary/aromatic N) is 3. The maximum Gasteiger partial charge on any atom is 0.262 e. The number of carbonyl (C=O) groups excluding carboxylic acids is 1. The summed E-state index contributed by atoms with van der Waals surface area (Å²) in [7, 11) is 1.71. The minimum atomic E-state index is -0.0910. The first-order valence-electron chi connectivity index (χ1n) is 9.98. The van der Waals surface area contributed by atoms with Crippen LogP contribution in [0.15, 0.2) is 35.1 Å². The quantitative estimate of drug-likeness (QED) is 0.718. The van der Waals surface area contributed by atoms with E-state index < -0.39 is 0 Å². The highest BCUT2D eigenvalue weighted by molar-refractivity contribution is 7.20. The lowest BCUT2D eigenvalue weighted by Gasteiger charge is -2.32. The number of thiophene rings is 1. The van der Waals surface area contributed by atoms with Crippen LogP contribution in [0.2, 0.25) is 0 Å². The summed E-state index contributed by atoms with van der Waals surface area (Å²) in [6.07, 6.45) is 1.86. The fraction of sp³-hybridized carbons (Fsp3) is 0.409. The standard InChI is InChI=1S/C22H26N4O2S/c1-14-18-21(23-15(2)25(3)22(18)28)29-19(14)20(27)24-17-9-11-26(12-10-17)13-16-7-5-4-6-8-16/h4-8,17H,9-13H2,1-3H3,(H,24,27). The number of benzene rings is 1. The van der Waals surface area contributed by atoms with Gasteiger partial charge in [-0.1, -0.05) is 30.3 Å². The Morgan fingerprint density at radius 2 is 1.90 bits per heavy atom. The number of amides is 1. The first kappa shape index (κ1) is 19.8. The molecule has 0 spiro atoms. The average molecular weight is 411 g/mol. The summed E-state index contributed by atoms with van der Waals surface area (Å²) in [6, 6.07) is 10.6. The second kappa shape index (κ2) is 8.08. The number of carbonyl (C=O) groups is 1. The Hall–Kier alpha value is -2.51. The molecule has 1 amide bonds. The van der Waals surface area contributed by atoms with Gasteiger partial charge in [0.15, 0.2) is 0 Å². The molecule has 1 aliphatic heterocycles. The molecule has 3 aromatic rings. The van der Waals surface area contributed by atoms with Crippen molar-refractivity contribution in [2.75, 3.05) is 13.1 Å². The van der Waals surface area contributed by atoms with E-state index in [-0.39, 0.29) is 17.5 Å². The molecule has 0 saturated carbocycles. The number of rotatable bonds is 4. The summed E-state index contributed by atoms with van der Waals surface area (Å²) >= 11 is 1.31. The molecule has 0 bridgehead atoms. The highest BCUT2D eigenvalue weighted by Gasteiger charge is 2.24. The van der Waals surface area contributed by atoms with Gasteiger partial charge < -0.3 is 5.32 Å². The highest BCUT2D eigenvalue weighted by atomic mass is 32.1. The van der Waals surface area contributed by atoms with Crippen LogP contribution in [0.3, 0.4) is 0 Å². The molecule has 152 valence electrons. The number of hydrogen-bond acceptors (Lipinski definition) is 5. The lowest BCUT2D eigenvalue weighted by molar-refractivity contribution is 0.0912. The number of nitrogens with one attached hydrogen (secondary N) is 1. The number of likely N-dealkylation sites (tertiary alicyclic amines) is 1. The second-order valence-corrected chi connectivity index (χ2v) is 8.77. The Balaban J connectivity index is 1.42. The number of piperidine rings is 1. The van der Waals surface area contributed by atoms with Gasteiger partial charge in [-0.3, -0.25) is 19.1 Å². The third kappa shape index (κ3) is 3.97. The van der Waals surface area contributed by atoms with Crippen molar-refractivity contribution < 1.29 is 4.79 Å². The van der Waals surface area contributed by atoms with E-state index in [9.17, 15) is 9.59 Å². The van der Waals surface area contributed by atoms with Gasteiger partial charge in [0, 0.05) is 32.7 Å². The van der Waals surface area contributed by atoms with Gasteiger partial charge in [-0.2, -0.15) is 0 Å². The van der Waals surface area contributed by atoms with Crippen LogP contribution < -0.4 is 10.9 Å². The molecule has 1 N–H and O–H groups in total. The number of hydrogen-bond donors (Lipinski definition) is 1. The summed E-state index contributed by atoms with van der Waals surface area (Å²) < 4.78 is 1.53. The molecule has 1 aromatic carbocycles. The molecule has 0 unspecified atom stereocenters. The SMILES string of the molecule is Cc1c(C(=O)NC2CCN(Cc3ccccc3)CC2)sc2nc(C)n(C)c(=O)c12. The van der Waals surface area contributed by atoms with Gasteiger partial charge in [-0.05, 0) is 37.8 Å². The van der Waals surface area contributed by atoms with Crippen molar-refractivity contribution in [2.45, 2.75) is 39.3 Å². The van der Waals surface area contributed by atoms with E-state index in [0.29, 0.717) is 20.9 Å². The van der Waals surface area contributed by atoms with Gasteiger partial charge >= 0.3 is 0 Å². The summed E-state index contributed by atoms with van der Waals surface area (Å²) in [5.41, 5.74) is 1.96. The molecule has 1 fully saturated rings. The van der Waals surface area contributed by atoms with Crippen molar-refractivity contribution >= 4 is 27.5 Å². The molecule has 1 saturated heterocycles. The normalized spacial score (nSPS) is 15.7. The first-order valence-corrected chi connectivity index (χ1v) is 10.8. The summed E-state index contributed by atoms with van der Waals surface area (Å²) in [6.45, 7) is 6.53. The molecule has 29 heavy (non-hydrogen) atoms. The molecule has 0 radical (unpaired) electrons. The van der Waals surface area contributed by atoms with Crippen LogP contribution in [0.5, 0.6) is 0 Å². The van der Waals surface area contributed by atoms with Crippen molar-refractivity contribution in [1.29, 1.82) is 0 Å². The topological polar surface area (TPSA) is 67.2 Å². The zero-order valence-corrected chi connectivity index (χ0v) is 17.9. The zero-order valence-electron chi connectivity index (χ0n) is 17.1. The van der Waals surface area contributed by atoms with E-state index in [2.05, 4.69) is 39.5 Å². The Morgan fingerprint density at radius 1 is 1.21 bits per heavy atom. The zero-order chi connectivity index (χ0) is 20.5. The smallest absolute Gasteiger partial charge is 0.262 e. The van der Waals surface area contributed by atoms with Crippen molar-refractivity contribution in [3.63, 3.8) is 0 Å². The van der Waals surface area contributed by atoms with Crippen LogP contribution in [-0.4, -0.2) is 39.5 Å². The number of aryl methyl sites for hydroxylation is 2. The molecular weight excluding hydrogens is 384 g/mol. The number of fused-ring (bicyclic) bond motifs is 1. The fourth-order valence-corrected chi connectivity index (χ4v) is 5.03. The van der Waals surface area contributed by atoms with Crippen LogP contribution >= 0.6 is 11.3 Å². The third-order valence-electron chi connectivity index (χ3n) is 5.77. The summed E-state index contributed by atoms with van der Waals surface area (Å²) in [5, 5.41) is 3.74. The van der Waals surface area contributed by atoms with Gasteiger partial charge in [-0.25, -0.2) is 4.98 Å². The van der Waals surface area contributed by atoms with E-state index >= 15 is 0 Å². The molecule has 4 rings (SSSR count). The second-order valence-electron chi connectivity index (χ2n) is 7.77. The molecule has 3 heterocycles. The average Bonchev–Trinajstić information content (AvgIpc) is 3.05. The van der Waals surface area contributed by atoms with Gasteiger partial charge in [-0.15, -0.1) is 11.3 Å². The fourth-order valence-electron chi connectivity index (χ4n) is 3.91.